The normalized spacial score (nSPS) is 19.5. The molecule has 0 saturated carbocycles. The molecular weight excluding hydrogens is 316 g/mol. The Balaban J connectivity index is 1.71. The topological polar surface area (TPSA) is 24.8 Å². The maximum absolute atomic E-state index is 6.38. The number of fused-ring (bicyclic) bond motifs is 2. The zero-order chi connectivity index (χ0) is 15.1. The van der Waals surface area contributed by atoms with Crippen molar-refractivity contribution < 1.29 is 4.74 Å². The second kappa shape index (κ2) is 5.52. The first kappa shape index (κ1) is 14.0. The molecule has 1 fully saturated rings. The molecule has 5 heteroatoms. The van der Waals surface area contributed by atoms with Crippen LogP contribution in [0.4, 0.5) is 5.69 Å². The molecule has 0 amide bonds. The van der Waals surface area contributed by atoms with Crippen molar-refractivity contribution in [2.45, 2.75) is 11.9 Å². The van der Waals surface area contributed by atoms with Gasteiger partial charge in [0.2, 0.25) is 0 Å². The highest BCUT2D eigenvalue weighted by Gasteiger charge is 2.35. The molecule has 2 aromatic rings. The summed E-state index contributed by atoms with van der Waals surface area (Å²) < 4.78 is 5.33. The molecule has 112 valence electrons. The van der Waals surface area contributed by atoms with E-state index in [1.807, 2.05) is 42.1 Å². The lowest BCUT2D eigenvalue weighted by molar-refractivity contribution is 0.393. The van der Waals surface area contributed by atoms with Crippen LogP contribution >= 0.6 is 23.4 Å². The first-order valence-corrected chi connectivity index (χ1v) is 8.56. The highest BCUT2D eigenvalue weighted by Crippen LogP contribution is 2.45. The van der Waals surface area contributed by atoms with Crippen LogP contribution in [0.25, 0.3) is 0 Å². The number of aliphatic imine (C=N–C) groups is 1. The molecule has 2 aromatic carbocycles. The first-order chi connectivity index (χ1) is 10.8. The van der Waals surface area contributed by atoms with Crippen molar-refractivity contribution in [2.75, 3.05) is 12.9 Å². The van der Waals surface area contributed by atoms with Gasteiger partial charge in [0.1, 0.15) is 17.0 Å². The Morgan fingerprint density at radius 3 is 2.95 bits per heavy atom. The van der Waals surface area contributed by atoms with Gasteiger partial charge in [0, 0.05) is 22.7 Å². The van der Waals surface area contributed by atoms with Gasteiger partial charge in [-0.05, 0) is 24.3 Å². The van der Waals surface area contributed by atoms with Gasteiger partial charge in [-0.2, -0.15) is 0 Å². The van der Waals surface area contributed by atoms with E-state index in [0.717, 1.165) is 40.2 Å². The van der Waals surface area contributed by atoms with Gasteiger partial charge >= 0.3 is 0 Å². The Morgan fingerprint density at radius 2 is 2.14 bits per heavy atom. The monoisotopic (exact) mass is 330 g/mol. The fourth-order valence-electron chi connectivity index (χ4n) is 2.91. The summed E-state index contributed by atoms with van der Waals surface area (Å²) in [4.78, 5) is 7.15. The van der Waals surface area contributed by atoms with E-state index in [-0.39, 0.29) is 5.37 Å². The Morgan fingerprint density at radius 1 is 1.27 bits per heavy atom. The van der Waals surface area contributed by atoms with Crippen molar-refractivity contribution in [3.8, 4) is 5.75 Å². The molecule has 0 aliphatic carbocycles. The summed E-state index contributed by atoms with van der Waals surface area (Å²) in [5, 5.41) is 1.05. The summed E-state index contributed by atoms with van der Waals surface area (Å²) in [5.74, 6) is 2.92. The second-order valence-electron chi connectivity index (χ2n) is 5.34. The number of thioether (sulfide) groups is 1. The zero-order valence-corrected chi connectivity index (χ0v) is 13.7. The maximum atomic E-state index is 6.38. The third-order valence-electron chi connectivity index (χ3n) is 4.03. The van der Waals surface area contributed by atoms with Crippen LogP contribution in [0.5, 0.6) is 5.75 Å². The molecule has 3 nitrogen and oxygen atoms in total. The fraction of sp³-hybridized carbons (Fsp3) is 0.235. The molecule has 0 aromatic heterocycles. The molecule has 2 heterocycles. The summed E-state index contributed by atoms with van der Waals surface area (Å²) in [6.45, 7) is 0.842. The summed E-state index contributed by atoms with van der Waals surface area (Å²) >= 11 is 8.26. The number of benzene rings is 2. The average molecular weight is 331 g/mol. The lowest BCUT2D eigenvalue weighted by atomic mass is 10.1. The van der Waals surface area contributed by atoms with Crippen molar-refractivity contribution in [1.82, 2.24) is 4.90 Å². The molecule has 0 bridgehead atoms. The van der Waals surface area contributed by atoms with Crippen LogP contribution in [0.3, 0.4) is 0 Å². The number of methoxy groups -OCH3 is 1. The van der Waals surface area contributed by atoms with Gasteiger partial charge in [-0.15, -0.1) is 11.8 Å². The molecule has 22 heavy (non-hydrogen) atoms. The lowest BCUT2D eigenvalue weighted by Gasteiger charge is -2.30. The predicted octanol–water partition coefficient (Wildman–Crippen LogP) is 4.64. The van der Waals surface area contributed by atoms with E-state index in [1.165, 1.54) is 5.56 Å². The Bertz CT molecular complexity index is 762. The van der Waals surface area contributed by atoms with Crippen LogP contribution in [0, 0.1) is 0 Å². The average Bonchev–Trinajstić information content (AvgIpc) is 2.95. The van der Waals surface area contributed by atoms with E-state index in [4.69, 9.17) is 21.3 Å². The van der Waals surface area contributed by atoms with Crippen molar-refractivity contribution >= 4 is 34.9 Å². The Kier molecular flexibility index (Phi) is 3.51. The molecule has 2 aliphatic rings. The standard InChI is InChI=1S/C17H15ClN2OS/c1-21-12-6-7-15-11(8-12)9-20-16(19-15)10-22-17(20)13-4-2-3-5-14(13)18/h2-8,17H,9-10H2,1H3. The summed E-state index contributed by atoms with van der Waals surface area (Å²) in [6, 6.07) is 14.1. The molecule has 4 rings (SSSR count). The largest absolute Gasteiger partial charge is 0.497 e. The van der Waals surface area contributed by atoms with Crippen molar-refractivity contribution in [3.05, 3.63) is 58.6 Å². The van der Waals surface area contributed by atoms with Gasteiger partial charge in [0.05, 0.1) is 18.6 Å². The fourth-order valence-corrected chi connectivity index (χ4v) is 4.51. The molecule has 2 aliphatic heterocycles. The third-order valence-corrected chi connectivity index (χ3v) is 5.63. The molecule has 1 unspecified atom stereocenters. The van der Waals surface area contributed by atoms with E-state index in [9.17, 15) is 0 Å². The summed E-state index contributed by atoms with van der Waals surface area (Å²) in [5.41, 5.74) is 3.40. The molecular formula is C17H15ClN2OS. The number of halogens is 1. The number of nitrogens with zero attached hydrogens (tertiary/aromatic N) is 2. The number of hydrogen-bond donors (Lipinski definition) is 0. The number of ether oxygens (including phenoxy) is 1. The van der Waals surface area contributed by atoms with Crippen LogP contribution in [0.2, 0.25) is 5.02 Å². The smallest absolute Gasteiger partial charge is 0.119 e. The van der Waals surface area contributed by atoms with Crippen LogP contribution in [0.15, 0.2) is 47.5 Å². The molecule has 0 radical (unpaired) electrons. The maximum Gasteiger partial charge on any atom is 0.119 e. The van der Waals surface area contributed by atoms with Crippen molar-refractivity contribution in [2.24, 2.45) is 4.99 Å². The van der Waals surface area contributed by atoms with Crippen LogP contribution < -0.4 is 4.74 Å². The van der Waals surface area contributed by atoms with Gasteiger partial charge in [-0.3, -0.25) is 0 Å². The van der Waals surface area contributed by atoms with Crippen LogP contribution in [-0.2, 0) is 6.54 Å². The number of rotatable bonds is 2. The first-order valence-electron chi connectivity index (χ1n) is 7.13. The molecule has 1 atom stereocenters. The summed E-state index contributed by atoms with van der Waals surface area (Å²) in [6.07, 6.45) is 0. The zero-order valence-electron chi connectivity index (χ0n) is 12.1. The van der Waals surface area contributed by atoms with E-state index in [1.54, 1.807) is 7.11 Å². The minimum absolute atomic E-state index is 0.229. The highest BCUT2D eigenvalue weighted by atomic mass is 35.5. The van der Waals surface area contributed by atoms with Crippen LogP contribution in [-0.4, -0.2) is 23.6 Å². The van der Waals surface area contributed by atoms with E-state index >= 15 is 0 Å². The van der Waals surface area contributed by atoms with Gasteiger partial charge in [-0.25, -0.2) is 4.99 Å². The quantitative estimate of drug-likeness (QED) is 0.802. The minimum atomic E-state index is 0.229. The number of hydrogen-bond acceptors (Lipinski definition) is 4. The van der Waals surface area contributed by atoms with Gasteiger partial charge in [0.15, 0.2) is 0 Å². The van der Waals surface area contributed by atoms with Gasteiger partial charge < -0.3 is 9.64 Å². The lowest BCUT2D eigenvalue weighted by Crippen LogP contribution is -2.30. The van der Waals surface area contributed by atoms with Crippen molar-refractivity contribution in [1.29, 1.82) is 0 Å². The van der Waals surface area contributed by atoms with Gasteiger partial charge in [0.25, 0.3) is 0 Å². The third kappa shape index (κ3) is 2.27. The van der Waals surface area contributed by atoms with E-state index < -0.39 is 0 Å². The molecule has 1 saturated heterocycles. The van der Waals surface area contributed by atoms with E-state index in [2.05, 4.69) is 17.0 Å². The number of amidine groups is 1. The van der Waals surface area contributed by atoms with Crippen LogP contribution in [0.1, 0.15) is 16.5 Å². The summed E-state index contributed by atoms with van der Waals surface area (Å²) in [7, 11) is 1.69. The predicted molar refractivity (Wildman–Crippen MR) is 92.3 cm³/mol. The second-order valence-corrected chi connectivity index (χ2v) is 6.81. The van der Waals surface area contributed by atoms with E-state index in [0.29, 0.717) is 0 Å². The molecule has 0 N–H and O–H groups in total. The SMILES string of the molecule is COc1ccc2c(c1)CN1C(=N2)CSC1c1ccccc1Cl. The highest BCUT2D eigenvalue weighted by molar-refractivity contribution is 8.00. The Hall–Kier alpha value is -1.65. The van der Waals surface area contributed by atoms with Crippen molar-refractivity contribution in [3.63, 3.8) is 0 Å². The molecule has 0 spiro atoms. The Labute approximate surface area is 138 Å². The van der Waals surface area contributed by atoms with Gasteiger partial charge in [-0.1, -0.05) is 29.8 Å². The minimum Gasteiger partial charge on any atom is -0.497 e.